The minimum Gasteiger partial charge on any atom is -0.378 e. The maximum atomic E-state index is 6.36. The smallest absolute Gasteiger partial charge is 0.227 e. The summed E-state index contributed by atoms with van der Waals surface area (Å²) in [4.78, 5) is 16.9. The number of para-hydroxylation sites is 1. The second-order valence-electron chi connectivity index (χ2n) is 7.96. The van der Waals surface area contributed by atoms with Crippen molar-refractivity contribution in [3.63, 3.8) is 0 Å². The highest BCUT2D eigenvalue weighted by Gasteiger charge is 2.23. The van der Waals surface area contributed by atoms with Gasteiger partial charge in [-0.15, -0.1) is 0 Å². The summed E-state index contributed by atoms with van der Waals surface area (Å²) in [5.41, 5.74) is 2.10. The molecular formula is C23H25Cl2N5O. The normalized spacial score (nSPS) is 18.0. The Bertz CT molecular complexity index is 1070. The van der Waals surface area contributed by atoms with Crippen molar-refractivity contribution in [2.45, 2.75) is 6.54 Å². The Kier molecular flexibility index (Phi) is 6.14. The van der Waals surface area contributed by atoms with Gasteiger partial charge >= 0.3 is 0 Å². The topological polar surface area (TPSA) is 44.7 Å². The average molecular weight is 458 g/mol. The molecule has 2 fully saturated rings. The lowest BCUT2D eigenvalue weighted by molar-refractivity contribution is 0.122. The van der Waals surface area contributed by atoms with Gasteiger partial charge < -0.3 is 14.5 Å². The third-order valence-electron chi connectivity index (χ3n) is 5.95. The summed E-state index contributed by atoms with van der Waals surface area (Å²) >= 11 is 12.4. The van der Waals surface area contributed by atoms with Crippen molar-refractivity contribution in [3.05, 3.63) is 58.1 Å². The second-order valence-corrected chi connectivity index (χ2v) is 8.81. The number of aromatic nitrogens is 2. The van der Waals surface area contributed by atoms with Gasteiger partial charge in [0.1, 0.15) is 5.82 Å². The van der Waals surface area contributed by atoms with Gasteiger partial charge in [-0.25, -0.2) is 4.98 Å². The molecule has 1 aromatic heterocycles. The molecule has 0 amide bonds. The fraction of sp³-hybridized carbons (Fsp3) is 0.391. The van der Waals surface area contributed by atoms with E-state index < -0.39 is 0 Å². The number of morpholine rings is 1. The SMILES string of the molecule is Clc1ccc(CN2CCN(c3nc(N4CCOCC4)c4ccccc4n3)CC2)c(Cl)c1. The summed E-state index contributed by atoms with van der Waals surface area (Å²) in [6.45, 7) is 7.63. The van der Waals surface area contributed by atoms with E-state index in [9.17, 15) is 0 Å². The Balaban J connectivity index is 1.33. The maximum Gasteiger partial charge on any atom is 0.227 e. The first-order chi connectivity index (χ1) is 15.2. The van der Waals surface area contributed by atoms with Crippen LogP contribution in [-0.2, 0) is 11.3 Å². The van der Waals surface area contributed by atoms with E-state index in [1.807, 2.05) is 24.3 Å². The summed E-state index contributed by atoms with van der Waals surface area (Å²) < 4.78 is 5.54. The molecule has 0 spiro atoms. The van der Waals surface area contributed by atoms with E-state index in [-0.39, 0.29) is 0 Å². The molecule has 2 aromatic carbocycles. The van der Waals surface area contributed by atoms with Gasteiger partial charge in [0.05, 0.1) is 18.7 Å². The number of halogens is 2. The fourth-order valence-electron chi connectivity index (χ4n) is 4.20. The maximum absolute atomic E-state index is 6.36. The van der Waals surface area contributed by atoms with Crippen LogP contribution in [0.1, 0.15) is 5.56 Å². The van der Waals surface area contributed by atoms with Crippen LogP contribution < -0.4 is 9.80 Å². The van der Waals surface area contributed by atoms with Crippen LogP contribution in [0.2, 0.25) is 10.0 Å². The molecule has 0 saturated carbocycles. The van der Waals surface area contributed by atoms with Crippen molar-refractivity contribution in [1.82, 2.24) is 14.9 Å². The molecule has 5 rings (SSSR count). The molecular weight excluding hydrogens is 433 g/mol. The summed E-state index contributed by atoms with van der Waals surface area (Å²) in [6, 6.07) is 14.0. The number of ether oxygens (including phenoxy) is 1. The van der Waals surface area contributed by atoms with Crippen molar-refractivity contribution in [2.75, 3.05) is 62.3 Å². The van der Waals surface area contributed by atoms with E-state index in [0.717, 1.165) is 92.3 Å². The summed E-state index contributed by atoms with van der Waals surface area (Å²) in [7, 11) is 0. The first-order valence-electron chi connectivity index (χ1n) is 10.7. The van der Waals surface area contributed by atoms with Crippen LogP contribution in [0.25, 0.3) is 10.9 Å². The molecule has 0 aliphatic carbocycles. The van der Waals surface area contributed by atoms with Crippen molar-refractivity contribution in [1.29, 1.82) is 0 Å². The summed E-state index contributed by atoms with van der Waals surface area (Å²) in [5, 5.41) is 2.50. The zero-order valence-electron chi connectivity index (χ0n) is 17.3. The molecule has 2 aliphatic heterocycles. The fourth-order valence-corrected chi connectivity index (χ4v) is 4.67. The number of piperazine rings is 1. The number of fused-ring (bicyclic) bond motifs is 1. The van der Waals surface area contributed by atoms with Crippen LogP contribution in [0.4, 0.5) is 11.8 Å². The van der Waals surface area contributed by atoms with Crippen LogP contribution in [0, 0.1) is 0 Å². The molecule has 0 radical (unpaired) electrons. The highest BCUT2D eigenvalue weighted by Crippen LogP contribution is 2.28. The minimum atomic E-state index is 0.670. The van der Waals surface area contributed by atoms with E-state index >= 15 is 0 Å². The average Bonchev–Trinajstić information content (AvgIpc) is 2.81. The summed E-state index contributed by atoms with van der Waals surface area (Å²) in [6.07, 6.45) is 0. The van der Waals surface area contributed by atoms with Crippen molar-refractivity contribution < 1.29 is 4.74 Å². The number of anilines is 2. The van der Waals surface area contributed by atoms with Crippen LogP contribution in [-0.4, -0.2) is 67.4 Å². The molecule has 0 atom stereocenters. The zero-order chi connectivity index (χ0) is 21.2. The highest BCUT2D eigenvalue weighted by molar-refractivity contribution is 6.35. The van der Waals surface area contributed by atoms with E-state index in [4.69, 9.17) is 37.9 Å². The second kappa shape index (κ2) is 9.17. The van der Waals surface area contributed by atoms with E-state index in [0.29, 0.717) is 5.02 Å². The highest BCUT2D eigenvalue weighted by atomic mass is 35.5. The van der Waals surface area contributed by atoms with Crippen LogP contribution >= 0.6 is 23.2 Å². The number of rotatable bonds is 4. The molecule has 6 nitrogen and oxygen atoms in total. The van der Waals surface area contributed by atoms with Gasteiger partial charge in [-0.05, 0) is 29.8 Å². The van der Waals surface area contributed by atoms with Gasteiger partial charge in [-0.1, -0.05) is 41.4 Å². The summed E-state index contributed by atoms with van der Waals surface area (Å²) in [5.74, 6) is 1.82. The number of nitrogens with zero attached hydrogens (tertiary/aromatic N) is 5. The van der Waals surface area contributed by atoms with E-state index in [2.05, 4.69) is 32.9 Å². The van der Waals surface area contributed by atoms with Gasteiger partial charge in [-0.3, -0.25) is 4.90 Å². The largest absolute Gasteiger partial charge is 0.378 e. The molecule has 3 aromatic rings. The molecule has 8 heteroatoms. The standard InChI is InChI=1S/C23H25Cl2N5O/c24-18-6-5-17(20(25)15-18)16-28-7-9-30(10-8-28)23-26-21-4-2-1-3-19(21)22(27-23)29-11-13-31-14-12-29/h1-6,15H,7-14,16H2. The van der Waals surface area contributed by atoms with Gasteiger partial charge in [0, 0.05) is 61.2 Å². The van der Waals surface area contributed by atoms with Crippen LogP contribution in [0.15, 0.2) is 42.5 Å². The van der Waals surface area contributed by atoms with Crippen LogP contribution in [0.5, 0.6) is 0 Å². The number of hydrogen-bond acceptors (Lipinski definition) is 6. The number of benzene rings is 2. The molecule has 31 heavy (non-hydrogen) atoms. The monoisotopic (exact) mass is 457 g/mol. The lowest BCUT2D eigenvalue weighted by Gasteiger charge is -2.36. The predicted octanol–water partition coefficient (Wildman–Crippen LogP) is 4.10. The first-order valence-corrected chi connectivity index (χ1v) is 11.4. The lowest BCUT2D eigenvalue weighted by atomic mass is 10.2. The zero-order valence-corrected chi connectivity index (χ0v) is 18.8. The van der Waals surface area contributed by atoms with E-state index in [1.54, 1.807) is 0 Å². The van der Waals surface area contributed by atoms with Crippen molar-refractivity contribution >= 4 is 45.9 Å². The van der Waals surface area contributed by atoms with Gasteiger partial charge in [0.25, 0.3) is 0 Å². The van der Waals surface area contributed by atoms with Gasteiger partial charge in [0.15, 0.2) is 0 Å². The molecule has 0 bridgehead atoms. The van der Waals surface area contributed by atoms with Crippen molar-refractivity contribution in [3.8, 4) is 0 Å². The lowest BCUT2D eigenvalue weighted by Crippen LogP contribution is -2.46. The third kappa shape index (κ3) is 4.58. The van der Waals surface area contributed by atoms with Crippen molar-refractivity contribution in [2.24, 2.45) is 0 Å². The molecule has 0 unspecified atom stereocenters. The Morgan fingerprint density at radius 1 is 0.839 bits per heavy atom. The van der Waals surface area contributed by atoms with Gasteiger partial charge in [0.2, 0.25) is 5.95 Å². The molecule has 3 heterocycles. The molecule has 2 saturated heterocycles. The Hall–Kier alpha value is -2.12. The third-order valence-corrected chi connectivity index (χ3v) is 6.53. The molecule has 0 N–H and O–H groups in total. The predicted molar refractivity (Wildman–Crippen MR) is 127 cm³/mol. The molecule has 2 aliphatic rings. The minimum absolute atomic E-state index is 0.670. The Morgan fingerprint density at radius 3 is 2.39 bits per heavy atom. The van der Waals surface area contributed by atoms with E-state index in [1.165, 1.54) is 0 Å². The molecule has 162 valence electrons. The Labute approximate surface area is 192 Å². The van der Waals surface area contributed by atoms with Crippen LogP contribution in [0.3, 0.4) is 0 Å². The first kappa shape index (κ1) is 20.8. The van der Waals surface area contributed by atoms with Gasteiger partial charge in [-0.2, -0.15) is 4.98 Å². The Morgan fingerprint density at radius 2 is 1.61 bits per heavy atom. The quantitative estimate of drug-likeness (QED) is 0.587. The number of hydrogen-bond donors (Lipinski definition) is 0.